The maximum atomic E-state index is 11.6. The third-order valence-electron chi connectivity index (χ3n) is 2.75. The minimum Gasteiger partial charge on any atom is -0.484 e. The van der Waals surface area contributed by atoms with Gasteiger partial charge in [0.1, 0.15) is 5.75 Å². The lowest BCUT2D eigenvalue weighted by Gasteiger charge is -2.14. The van der Waals surface area contributed by atoms with E-state index in [1.54, 1.807) is 0 Å². The molecule has 1 atom stereocenters. The van der Waals surface area contributed by atoms with Crippen LogP contribution in [0.25, 0.3) is 0 Å². The number of hydrogen-bond donors (Lipinski definition) is 2. The van der Waals surface area contributed by atoms with Gasteiger partial charge in [0.15, 0.2) is 6.61 Å². The average molecular weight is 251 g/mol. The number of carbonyl (C=O) groups is 1. The number of benzene rings is 1. The van der Waals surface area contributed by atoms with Crippen LogP contribution in [0.1, 0.15) is 25.8 Å². The summed E-state index contributed by atoms with van der Waals surface area (Å²) < 4.78 is 5.41. The normalized spacial score (nSPS) is 11.9. The summed E-state index contributed by atoms with van der Waals surface area (Å²) in [5.41, 5.74) is 1.18. The molecule has 0 aliphatic rings. The van der Waals surface area contributed by atoms with Gasteiger partial charge in [-0.05, 0) is 30.5 Å². The molecule has 0 aliphatic heterocycles. The van der Waals surface area contributed by atoms with E-state index >= 15 is 0 Å². The van der Waals surface area contributed by atoms with E-state index in [9.17, 15) is 4.79 Å². The summed E-state index contributed by atoms with van der Waals surface area (Å²) in [6.45, 7) is 3.91. The smallest absolute Gasteiger partial charge is 0.258 e. The first-order chi connectivity index (χ1) is 8.69. The monoisotopic (exact) mass is 251 g/mol. The van der Waals surface area contributed by atoms with Crippen LogP contribution < -0.4 is 10.1 Å². The minimum atomic E-state index is -0.210. The van der Waals surface area contributed by atoms with Gasteiger partial charge in [-0.15, -0.1) is 0 Å². The summed E-state index contributed by atoms with van der Waals surface area (Å²) in [4.78, 5) is 11.6. The molecule has 1 aromatic rings. The Balaban J connectivity index is 2.42. The summed E-state index contributed by atoms with van der Waals surface area (Å²) in [6, 6.07) is 7.50. The van der Waals surface area contributed by atoms with Gasteiger partial charge >= 0.3 is 0 Å². The zero-order chi connectivity index (χ0) is 13.4. The van der Waals surface area contributed by atoms with Crippen molar-refractivity contribution in [2.24, 2.45) is 0 Å². The Hall–Kier alpha value is -1.55. The van der Waals surface area contributed by atoms with E-state index in [0.29, 0.717) is 12.2 Å². The molecule has 0 heterocycles. The molecule has 18 heavy (non-hydrogen) atoms. The van der Waals surface area contributed by atoms with E-state index in [-0.39, 0.29) is 25.2 Å². The fourth-order valence-corrected chi connectivity index (χ4v) is 1.55. The molecule has 0 spiro atoms. The third-order valence-corrected chi connectivity index (χ3v) is 2.75. The molecule has 2 N–H and O–H groups in total. The SMILES string of the molecule is CCc1cccc(OCC(=O)N[C@H](CC)CO)c1. The van der Waals surface area contributed by atoms with E-state index < -0.39 is 0 Å². The van der Waals surface area contributed by atoms with Gasteiger partial charge in [-0.25, -0.2) is 0 Å². The molecule has 0 aromatic heterocycles. The Bertz CT molecular complexity index is 375. The molecule has 1 aromatic carbocycles. The van der Waals surface area contributed by atoms with Crippen molar-refractivity contribution in [3.05, 3.63) is 29.8 Å². The van der Waals surface area contributed by atoms with E-state index in [2.05, 4.69) is 12.2 Å². The fourth-order valence-electron chi connectivity index (χ4n) is 1.55. The highest BCUT2D eigenvalue weighted by molar-refractivity contribution is 5.77. The van der Waals surface area contributed by atoms with Crippen molar-refractivity contribution >= 4 is 5.91 Å². The number of ether oxygens (including phenoxy) is 1. The number of hydrogen-bond acceptors (Lipinski definition) is 3. The average Bonchev–Trinajstić information content (AvgIpc) is 2.42. The van der Waals surface area contributed by atoms with Crippen LogP contribution in [0.4, 0.5) is 0 Å². The lowest BCUT2D eigenvalue weighted by atomic mass is 10.2. The summed E-state index contributed by atoms with van der Waals surface area (Å²) in [5.74, 6) is 0.486. The van der Waals surface area contributed by atoms with Crippen LogP contribution in [0.5, 0.6) is 5.75 Å². The number of carbonyl (C=O) groups excluding carboxylic acids is 1. The van der Waals surface area contributed by atoms with Crippen molar-refractivity contribution in [3.8, 4) is 5.75 Å². The van der Waals surface area contributed by atoms with Crippen molar-refractivity contribution < 1.29 is 14.6 Å². The second-order valence-electron chi connectivity index (χ2n) is 4.14. The van der Waals surface area contributed by atoms with Gasteiger partial charge in [0, 0.05) is 0 Å². The predicted molar refractivity (Wildman–Crippen MR) is 70.6 cm³/mol. The standard InChI is InChI=1S/C14H21NO3/c1-3-11-6-5-7-13(8-11)18-10-14(17)15-12(4-2)9-16/h5-8,12,16H,3-4,9-10H2,1-2H3,(H,15,17)/t12-/m1/s1. The first-order valence-corrected chi connectivity index (χ1v) is 6.31. The maximum Gasteiger partial charge on any atom is 0.258 e. The first-order valence-electron chi connectivity index (χ1n) is 6.31. The largest absolute Gasteiger partial charge is 0.484 e. The van der Waals surface area contributed by atoms with Crippen molar-refractivity contribution in [1.82, 2.24) is 5.32 Å². The van der Waals surface area contributed by atoms with Crippen LogP contribution in [-0.4, -0.2) is 30.3 Å². The summed E-state index contributed by atoms with van der Waals surface area (Å²) in [6.07, 6.45) is 1.64. The van der Waals surface area contributed by atoms with Crippen molar-refractivity contribution in [1.29, 1.82) is 0 Å². The van der Waals surface area contributed by atoms with Gasteiger partial charge in [-0.1, -0.05) is 26.0 Å². The minimum absolute atomic E-state index is 0.0241. The molecule has 100 valence electrons. The molecule has 0 radical (unpaired) electrons. The van der Waals surface area contributed by atoms with Crippen molar-refractivity contribution in [2.45, 2.75) is 32.7 Å². The molecule has 0 fully saturated rings. The zero-order valence-corrected chi connectivity index (χ0v) is 11.0. The second-order valence-corrected chi connectivity index (χ2v) is 4.14. The number of aliphatic hydroxyl groups is 1. The van der Waals surface area contributed by atoms with Crippen LogP contribution in [0.3, 0.4) is 0 Å². The molecule has 0 unspecified atom stereocenters. The van der Waals surface area contributed by atoms with Gasteiger partial charge < -0.3 is 15.2 Å². The van der Waals surface area contributed by atoms with E-state index in [4.69, 9.17) is 9.84 Å². The molecular formula is C14H21NO3. The molecule has 1 rings (SSSR count). The van der Waals surface area contributed by atoms with Gasteiger partial charge in [0.05, 0.1) is 12.6 Å². The third kappa shape index (κ3) is 4.75. The van der Waals surface area contributed by atoms with Gasteiger partial charge in [-0.3, -0.25) is 4.79 Å². The Kier molecular flexibility index (Phi) is 6.22. The molecule has 4 nitrogen and oxygen atoms in total. The maximum absolute atomic E-state index is 11.6. The van der Waals surface area contributed by atoms with Gasteiger partial charge in [0.2, 0.25) is 0 Å². The highest BCUT2D eigenvalue weighted by Gasteiger charge is 2.09. The van der Waals surface area contributed by atoms with Crippen LogP contribution in [-0.2, 0) is 11.2 Å². The first kappa shape index (κ1) is 14.5. The van der Waals surface area contributed by atoms with Crippen LogP contribution in [0.15, 0.2) is 24.3 Å². The topological polar surface area (TPSA) is 58.6 Å². The van der Waals surface area contributed by atoms with Crippen molar-refractivity contribution in [3.63, 3.8) is 0 Å². The highest BCUT2D eigenvalue weighted by Crippen LogP contribution is 2.13. The lowest BCUT2D eigenvalue weighted by Crippen LogP contribution is -2.39. The van der Waals surface area contributed by atoms with Crippen LogP contribution >= 0.6 is 0 Å². The summed E-state index contributed by atoms with van der Waals surface area (Å²) >= 11 is 0. The van der Waals surface area contributed by atoms with Gasteiger partial charge in [-0.2, -0.15) is 0 Å². The quantitative estimate of drug-likeness (QED) is 0.772. The Morgan fingerprint density at radius 3 is 2.83 bits per heavy atom. The number of aliphatic hydroxyl groups excluding tert-OH is 1. The summed E-state index contributed by atoms with van der Waals surface area (Å²) in [5, 5.41) is 11.7. The molecule has 1 amide bonds. The Morgan fingerprint density at radius 1 is 1.44 bits per heavy atom. The summed E-state index contributed by atoms with van der Waals surface area (Å²) in [7, 11) is 0. The number of nitrogens with one attached hydrogen (secondary N) is 1. The van der Waals surface area contributed by atoms with E-state index in [1.807, 2.05) is 31.2 Å². The van der Waals surface area contributed by atoms with Crippen LogP contribution in [0.2, 0.25) is 0 Å². The number of rotatable bonds is 7. The van der Waals surface area contributed by atoms with Gasteiger partial charge in [0.25, 0.3) is 5.91 Å². The van der Waals surface area contributed by atoms with E-state index in [1.165, 1.54) is 5.56 Å². The Labute approximate surface area is 108 Å². The number of aryl methyl sites for hydroxylation is 1. The molecule has 0 aliphatic carbocycles. The van der Waals surface area contributed by atoms with Crippen LogP contribution in [0, 0.1) is 0 Å². The van der Waals surface area contributed by atoms with E-state index in [0.717, 1.165) is 6.42 Å². The molecule has 0 saturated heterocycles. The van der Waals surface area contributed by atoms with Crippen molar-refractivity contribution in [2.75, 3.05) is 13.2 Å². The highest BCUT2D eigenvalue weighted by atomic mass is 16.5. The predicted octanol–water partition coefficient (Wildman–Crippen LogP) is 1.51. The zero-order valence-electron chi connectivity index (χ0n) is 11.0. The fraction of sp³-hybridized carbons (Fsp3) is 0.500. The molecule has 0 saturated carbocycles. The molecule has 0 bridgehead atoms. The molecular weight excluding hydrogens is 230 g/mol. The Morgan fingerprint density at radius 2 is 2.22 bits per heavy atom. The lowest BCUT2D eigenvalue weighted by molar-refractivity contribution is -0.124. The number of amides is 1. The molecule has 4 heteroatoms. The second kappa shape index (κ2) is 7.71.